The molecule has 2 N–H and O–H groups in total. The number of rotatable bonds is 7. The number of morpholine rings is 1. The number of hydrogen-bond donors (Lipinski definition) is 2. The number of ether oxygens (including phenoxy) is 1. The molecule has 0 bridgehead atoms. The lowest BCUT2D eigenvalue weighted by molar-refractivity contribution is -0.0573. The van der Waals surface area contributed by atoms with Gasteiger partial charge in [-0.15, -0.1) is 0 Å². The van der Waals surface area contributed by atoms with Gasteiger partial charge >= 0.3 is 0 Å². The van der Waals surface area contributed by atoms with Crippen molar-refractivity contribution in [2.24, 2.45) is 46.3 Å². The lowest BCUT2D eigenvalue weighted by atomic mass is 9.47. The average molecular weight is 472 g/mol. The third kappa shape index (κ3) is 4.68. The Bertz CT molecular complexity index is 729. The molecule has 3 saturated carbocycles. The first-order valence-corrected chi connectivity index (χ1v) is 15.0. The third-order valence-electron chi connectivity index (χ3n) is 11.9. The molecular formula is C31H53NO2. The van der Waals surface area contributed by atoms with Gasteiger partial charge in [0.1, 0.15) is 0 Å². The Balaban J connectivity index is 1.16. The molecule has 5 rings (SSSR count). The average Bonchev–Trinajstić information content (AvgIpc) is 3.17. The van der Waals surface area contributed by atoms with E-state index < -0.39 is 0 Å². The minimum Gasteiger partial charge on any atom is -0.393 e. The zero-order valence-corrected chi connectivity index (χ0v) is 22.7. The largest absolute Gasteiger partial charge is 0.393 e. The number of aliphatic hydroxyl groups is 1. The second kappa shape index (κ2) is 10.2. The summed E-state index contributed by atoms with van der Waals surface area (Å²) in [5, 5.41) is 13.8. The van der Waals surface area contributed by atoms with Crippen molar-refractivity contribution < 1.29 is 9.84 Å². The van der Waals surface area contributed by atoms with Crippen molar-refractivity contribution in [3.63, 3.8) is 0 Å². The minimum absolute atomic E-state index is 0.0870. The standard InChI is InChI=1S/C31H53NO2/c1-21(18-25-20-32-16-17-34-25)6-5-7-22(2)27-10-11-28-26-9-8-23-19-24(33)12-14-30(23,3)29(26)13-15-31(27,28)4/h8,21-22,24-29,32-33H,5-7,9-20H2,1-4H3/t21?,22?,24-,25?,26-,27+,28-,29-,30-,31+/m0/s1. The Morgan fingerprint density at radius 2 is 1.94 bits per heavy atom. The van der Waals surface area contributed by atoms with E-state index in [4.69, 9.17) is 4.74 Å². The quantitative estimate of drug-likeness (QED) is 0.404. The molecule has 1 aliphatic heterocycles. The number of fused-ring (bicyclic) bond motifs is 5. The predicted octanol–water partition coefficient (Wildman–Crippen LogP) is 6.75. The molecule has 34 heavy (non-hydrogen) atoms. The summed E-state index contributed by atoms with van der Waals surface area (Å²) in [6, 6.07) is 0. The van der Waals surface area contributed by atoms with Crippen molar-refractivity contribution in [2.75, 3.05) is 19.7 Å². The van der Waals surface area contributed by atoms with Crippen LogP contribution in [0.1, 0.15) is 105 Å². The number of aliphatic hydroxyl groups excluding tert-OH is 1. The lowest BCUT2D eigenvalue weighted by Crippen LogP contribution is -2.50. The second-order valence-electron chi connectivity index (χ2n) is 13.8. The van der Waals surface area contributed by atoms with E-state index in [-0.39, 0.29) is 6.10 Å². The molecule has 3 nitrogen and oxygen atoms in total. The van der Waals surface area contributed by atoms with E-state index in [1.165, 1.54) is 64.2 Å². The topological polar surface area (TPSA) is 41.5 Å². The number of hydrogen-bond acceptors (Lipinski definition) is 3. The van der Waals surface area contributed by atoms with Crippen molar-refractivity contribution in [1.29, 1.82) is 0 Å². The molecule has 0 aromatic carbocycles. The Morgan fingerprint density at radius 1 is 1.09 bits per heavy atom. The Hall–Kier alpha value is -0.380. The first-order valence-electron chi connectivity index (χ1n) is 15.0. The van der Waals surface area contributed by atoms with Gasteiger partial charge in [0.25, 0.3) is 0 Å². The van der Waals surface area contributed by atoms with Crippen LogP contribution < -0.4 is 5.32 Å². The van der Waals surface area contributed by atoms with Crippen LogP contribution in [-0.4, -0.2) is 37.0 Å². The lowest BCUT2D eigenvalue weighted by Gasteiger charge is -2.58. The summed E-state index contributed by atoms with van der Waals surface area (Å²) in [5.74, 6) is 5.24. The molecule has 0 amide bonds. The van der Waals surface area contributed by atoms with Gasteiger partial charge in [0, 0.05) is 13.1 Å². The molecule has 0 spiro atoms. The molecule has 10 atom stereocenters. The maximum atomic E-state index is 10.3. The van der Waals surface area contributed by atoms with Crippen molar-refractivity contribution in [1.82, 2.24) is 5.32 Å². The first-order chi connectivity index (χ1) is 16.3. The van der Waals surface area contributed by atoms with Crippen LogP contribution in [0.5, 0.6) is 0 Å². The summed E-state index contributed by atoms with van der Waals surface area (Å²) >= 11 is 0. The fourth-order valence-corrected chi connectivity index (χ4v) is 9.94. The van der Waals surface area contributed by atoms with Gasteiger partial charge in [-0.3, -0.25) is 0 Å². The first kappa shape index (κ1) is 25.3. The van der Waals surface area contributed by atoms with Crippen LogP contribution in [0.15, 0.2) is 11.6 Å². The zero-order valence-electron chi connectivity index (χ0n) is 22.7. The summed E-state index contributed by atoms with van der Waals surface area (Å²) in [6.45, 7) is 13.2. The Morgan fingerprint density at radius 3 is 2.74 bits per heavy atom. The van der Waals surface area contributed by atoms with Crippen molar-refractivity contribution in [2.45, 2.75) is 117 Å². The molecule has 3 heteroatoms. The van der Waals surface area contributed by atoms with Crippen molar-refractivity contribution >= 4 is 0 Å². The number of nitrogens with one attached hydrogen (secondary N) is 1. The van der Waals surface area contributed by atoms with E-state index in [9.17, 15) is 5.11 Å². The summed E-state index contributed by atoms with van der Waals surface area (Å²) < 4.78 is 5.94. The predicted molar refractivity (Wildman–Crippen MR) is 141 cm³/mol. The van der Waals surface area contributed by atoms with Crippen molar-refractivity contribution in [3.8, 4) is 0 Å². The highest BCUT2D eigenvalue weighted by molar-refractivity contribution is 5.25. The van der Waals surface area contributed by atoms with Gasteiger partial charge in [-0.25, -0.2) is 0 Å². The van der Waals surface area contributed by atoms with E-state index in [2.05, 4.69) is 39.1 Å². The molecular weight excluding hydrogens is 418 g/mol. The fraction of sp³-hybridized carbons (Fsp3) is 0.935. The molecule has 1 heterocycles. The van der Waals surface area contributed by atoms with E-state index in [0.717, 1.165) is 68.0 Å². The van der Waals surface area contributed by atoms with Gasteiger partial charge in [0.15, 0.2) is 0 Å². The van der Waals surface area contributed by atoms with E-state index in [1.54, 1.807) is 5.57 Å². The molecule has 194 valence electrons. The summed E-state index contributed by atoms with van der Waals surface area (Å²) in [6.07, 6.45) is 18.6. The minimum atomic E-state index is -0.0870. The molecule has 0 aromatic heterocycles. The second-order valence-corrected chi connectivity index (χ2v) is 13.8. The summed E-state index contributed by atoms with van der Waals surface area (Å²) in [7, 11) is 0. The highest BCUT2D eigenvalue weighted by atomic mass is 16.5. The molecule has 4 fully saturated rings. The molecule has 4 aliphatic carbocycles. The highest BCUT2D eigenvalue weighted by Gasteiger charge is 2.59. The normalized spacial score (nSPS) is 46.1. The van der Waals surface area contributed by atoms with Crippen LogP contribution in [0.25, 0.3) is 0 Å². The van der Waals surface area contributed by atoms with Gasteiger partial charge < -0.3 is 15.2 Å². The Kier molecular flexibility index (Phi) is 7.56. The molecule has 5 aliphatic rings. The molecule has 3 unspecified atom stereocenters. The van der Waals surface area contributed by atoms with Crippen LogP contribution in [0.3, 0.4) is 0 Å². The van der Waals surface area contributed by atoms with Gasteiger partial charge in [-0.2, -0.15) is 0 Å². The number of allylic oxidation sites excluding steroid dienone is 1. The summed E-state index contributed by atoms with van der Waals surface area (Å²) in [4.78, 5) is 0. The maximum Gasteiger partial charge on any atom is 0.0702 e. The van der Waals surface area contributed by atoms with Crippen LogP contribution in [0.4, 0.5) is 0 Å². The van der Waals surface area contributed by atoms with Crippen molar-refractivity contribution in [3.05, 3.63) is 11.6 Å². The third-order valence-corrected chi connectivity index (χ3v) is 11.9. The molecule has 0 radical (unpaired) electrons. The van der Waals surface area contributed by atoms with E-state index in [1.807, 2.05) is 0 Å². The van der Waals surface area contributed by atoms with Gasteiger partial charge in [0.2, 0.25) is 0 Å². The smallest absolute Gasteiger partial charge is 0.0702 e. The van der Waals surface area contributed by atoms with Gasteiger partial charge in [-0.05, 0) is 104 Å². The molecule has 0 aromatic rings. The highest BCUT2D eigenvalue weighted by Crippen LogP contribution is 2.67. The molecule has 1 saturated heterocycles. The Labute approximate surface area is 209 Å². The van der Waals surface area contributed by atoms with Crippen LogP contribution in [0.2, 0.25) is 0 Å². The van der Waals surface area contributed by atoms with E-state index in [0.29, 0.717) is 16.9 Å². The van der Waals surface area contributed by atoms with Crippen LogP contribution in [0, 0.1) is 46.3 Å². The van der Waals surface area contributed by atoms with E-state index >= 15 is 0 Å². The SMILES string of the molecule is CC(CCCC(C)[C@H]1CC[C@H]2[C@@H]3CC=C4C[C@@H](O)CC[C@]4(C)[C@H]3CC[C@]12C)CC1CNCCO1. The monoisotopic (exact) mass is 471 g/mol. The fourth-order valence-electron chi connectivity index (χ4n) is 9.94. The zero-order chi connectivity index (χ0) is 23.9. The van der Waals surface area contributed by atoms with Crippen LogP contribution >= 0.6 is 0 Å². The van der Waals surface area contributed by atoms with Gasteiger partial charge in [0.05, 0.1) is 18.8 Å². The summed E-state index contributed by atoms with van der Waals surface area (Å²) in [5.41, 5.74) is 2.55. The maximum absolute atomic E-state index is 10.3. The van der Waals surface area contributed by atoms with Crippen LogP contribution in [-0.2, 0) is 4.74 Å². The van der Waals surface area contributed by atoms with Gasteiger partial charge in [-0.1, -0.05) is 58.6 Å².